The van der Waals surface area contributed by atoms with E-state index in [-0.39, 0.29) is 5.91 Å². The van der Waals surface area contributed by atoms with Gasteiger partial charge in [-0.05, 0) is 36.8 Å². The molecule has 0 bridgehead atoms. The van der Waals surface area contributed by atoms with E-state index in [1.807, 2.05) is 11.0 Å². The van der Waals surface area contributed by atoms with Crippen molar-refractivity contribution >= 4 is 17.1 Å². The predicted octanol–water partition coefficient (Wildman–Crippen LogP) is 1.83. The molecule has 0 spiro atoms. The van der Waals surface area contributed by atoms with Crippen LogP contribution in [-0.2, 0) is 0 Å². The summed E-state index contributed by atoms with van der Waals surface area (Å²) in [6.07, 6.45) is 5.49. The molecule has 0 aromatic carbocycles. The zero-order valence-electron chi connectivity index (χ0n) is 10.7. The molecule has 5 nitrogen and oxygen atoms in total. The topological polar surface area (TPSA) is 61.9 Å². The fourth-order valence-electron chi connectivity index (χ4n) is 3.50. The molecule has 19 heavy (non-hydrogen) atoms. The highest BCUT2D eigenvalue weighted by atomic mass is 16.2. The highest BCUT2D eigenvalue weighted by Crippen LogP contribution is 2.38. The summed E-state index contributed by atoms with van der Waals surface area (Å²) in [4.78, 5) is 25.9. The molecule has 2 unspecified atom stereocenters. The van der Waals surface area contributed by atoms with E-state index in [0.717, 1.165) is 30.4 Å². The number of aromatic nitrogens is 3. The average molecular weight is 256 g/mol. The van der Waals surface area contributed by atoms with Gasteiger partial charge in [0, 0.05) is 13.1 Å². The number of nitrogens with zero attached hydrogens (tertiary/aromatic N) is 3. The van der Waals surface area contributed by atoms with Crippen molar-refractivity contribution in [2.24, 2.45) is 11.8 Å². The monoisotopic (exact) mass is 256 g/mol. The quantitative estimate of drug-likeness (QED) is 0.846. The number of nitrogens with one attached hydrogen (secondary N) is 1. The molecule has 2 fully saturated rings. The SMILES string of the molecule is O=C(c1ccc2[nH]cnc2n1)N1CC2CCCC2C1. The summed E-state index contributed by atoms with van der Waals surface area (Å²) in [7, 11) is 0. The number of carbonyl (C=O) groups excluding carboxylic acids is 1. The Morgan fingerprint density at radius 2 is 2.05 bits per heavy atom. The third-order valence-electron chi connectivity index (χ3n) is 4.51. The van der Waals surface area contributed by atoms with Gasteiger partial charge < -0.3 is 9.88 Å². The van der Waals surface area contributed by atoms with Crippen molar-refractivity contribution in [3.05, 3.63) is 24.2 Å². The van der Waals surface area contributed by atoms with E-state index in [2.05, 4.69) is 15.0 Å². The van der Waals surface area contributed by atoms with Gasteiger partial charge in [-0.15, -0.1) is 0 Å². The van der Waals surface area contributed by atoms with Crippen LogP contribution >= 0.6 is 0 Å². The third-order valence-corrected chi connectivity index (χ3v) is 4.51. The highest BCUT2D eigenvalue weighted by molar-refractivity contribution is 5.94. The largest absolute Gasteiger partial charge is 0.343 e. The molecule has 2 aliphatic rings. The van der Waals surface area contributed by atoms with Gasteiger partial charge in [-0.1, -0.05) is 6.42 Å². The number of imidazole rings is 1. The van der Waals surface area contributed by atoms with Gasteiger partial charge >= 0.3 is 0 Å². The lowest BCUT2D eigenvalue weighted by molar-refractivity contribution is 0.0775. The van der Waals surface area contributed by atoms with Crippen LogP contribution in [0.3, 0.4) is 0 Å². The predicted molar refractivity (Wildman–Crippen MR) is 70.6 cm³/mol. The van der Waals surface area contributed by atoms with Gasteiger partial charge in [0.2, 0.25) is 0 Å². The second-order valence-electron chi connectivity index (χ2n) is 5.63. The van der Waals surface area contributed by atoms with Gasteiger partial charge in [-0.25, -0.2) is 9.97 Å². The van der Waals surface area contributed by atoms with Crippen LogP contribution < -0.4 is 0 Å². The lowest BCUT2D eigenvalue weighted by atomic mass is 10.0. The second kappa shape index (κ2) is 4.05. The normalized spacial score (nSPS) is 26.0. The highest BCUT2D eigenvalue weighted by Gasteiger charge is 2.38. The lowest BCUT2D eigenvalue weighted by Crippen LogP contribution is -2.30. The van der Waals surface area contributed by atoms with Crippen LogP contribution in [0.4, 0.5) is 0 Å². The van der Waals surface area contributed by atoms with Crippen molar-refractivity contribution in [3.63, 3.8) is 0 Å². The van der Waals surface area contributed by atoms with Gasteiger partial charge in [-0.3, -0.25) is 4.79 Å². The summed E-state index contributed by atoms with van der Waals surface area (Å²) < 4.78 is 0. The van der Waals surface area contributed by atoms with Crippen LogP contribution in [0, 0.1) is 11.8 Å². The van der Waals surface area contributed by atoms with Crippen LogP contribution in [0.15, 0.2) is 18.5 Å². The smallest absolute Gasteiger partial charge is 0.272 e. The lowest BCUT2D eigenvalue weighted by Gasteiger charge is -2.16. The van der Waals surface area contributed by atoms with Crippen molar-refractivity contribution < 1.29 is 4.79 Å². The molecule has 2 aromatic heterocycles. The van der Waals surface area contributed by atoms with E-state index in [9.17, 15) is 4.79 Å². The molecule has 2 aromatic rings. The van der Waals surface area contributed by atoms with E-state index < -0.39 is 0 Å². The standard InChI is InChI=1S/C14H16N4O/c19-14(18-6-9-2-1-3-10(9)7-18)12-5-4-11-13(17-12)16-8-15-11/h4-5,8-10H,1-3,6-7H2,(H,15,16,17). The number of amides is 1. The molecule has 3 heterocycles. The first-order valence-electron chi connectivity index (χ1n) is 6.90. The molecule has 2 atom stereocenters. The summed E-state index contributed by atoms with van der Waals surface area (Å²) >= 11 is 0. The first kappa shape index (κ1) is 11.0. The number of pyridine rings is 1. The number of hydrogen-bond donors (Lipinski definition) is 1. The Morgan fingerprint density at radius 1 is 1.26 bits per heavy atom. The minimum atomic E-state index is 0.0549. The number of likely N-dealkylation sites (tertiary alicyclic amines) is 1. The molecule has 1 aliphatic heterocycles. The van der Waals surface area contributed by atoms with Gasteiger partial charge in [0.15, 0.2) is 5.65 Å². The van der Waals surface area contributed by atoms with Gasteiger partial charge in [0.25, 0.3) is 5.91 Å². The molecule has 4 rings (SSSR count). The maximum atomic E-state index is 12.5. The van der Waals surface area contributed by atoms with E-state index >= 15 is 0 Å². The van der Waals surface area contributed by atoms with Crippen LogP contribution in [0.2, 0.25) is 0 Å². The first-order valence-corrected chi connectivity index (χ1v) is 6.90. The van der Waals surface area contributed by atoms with Crippen molar-refractivity contribution in [3.8, 4) is 0 Å². The average Bonchev–Trinajstić information content (AvgIpc) is 3.11. The molecule has 1 N–H and O–H groups in total. The third kappa shape index (κ3) is 1.72. The maximum absolute atomic E-state index is 12.5. The molecule has 1 aliphatic carbocycles. The second-order valence-corrected chi connectivity index (χ2v) is 5.63. The summed E-state index contributed by atoms with van der Waals surface area (Å²) in [6, 6.07) is 3.66. The summed E-state index contributed by atoms with van der Waals surface area (Å²) in [5, 5.41) is 0. The number of rotatable bonds is 1. The molecule has 98 valence electrons. The number of hydrogen-bond acceptors (Lipinski definition) is 3. The molecular weight excluding hydrogens is 240 g/mol. The maximum Gasteiger partial charge on any atom is 0.272 e. The van der Waals surface area contributed by atoms with Crippen molar-refractivity contribution in [2.45, 2.75) is 19.3 Å². The van der Waals surface area contributed by atoms with Crippen LogP contribution in [-0.4, -0.2) is 38.8 Å². The summed E-state index contributed by atoms with van der Waals surface area (Å²) in [5.74, 6) is 1.50. The summed E-state index contributed by atoms with van der Waals surface area (Å²) in [6.45, 7) is 1.81. The Balaban J connectivity index is 1.59. The van der Waals surface area contributed by atoms with E-state index in [0.29, 0.717) is 11.3 Å². The molecular formula is C14H16N4O. The number of carbonyl (C=O) groups is 1. The molecule has 0 radical (unpaired) electrons. The Labute approximate surface area is 111 Å². The molecule has 1 saturated carbocycles. The minimum absolute atomic E-state index is 0.0549. The van der Waals surface area contributed by atoms with Gasteiger partial charge in [-0.2, -0.15) is 0 Å². The number of fused-ring (bicyclic) bond motifs is 2. The Kier molecular flexibility index (Phi) is 2.33. The van der Waals surface area contributed by atoms with Gasteiger partial charge in [0.1, 0.15) is 5.69 Å². The zero-order chi connectivity index (χ0) is 12.8. The van der Waals surface area contributed by atoms with Crippen molar-refractivity contribution in [1.29, 1.82) is 0 Å². The van der Waals surface area contributed by atoms with E-state index in [1.165, 1.54) is 19.3 Å². The Morgan fingerprint density at radius 3 is 2.84 bits per heavy atom. The zero-order valence-corrected chi connectivity index (χ0v) is 10.7. The Hall–Kier alpha value is -1.91. The van der Waals surface area contributed by atoms with Crippen molar-refractivity contribution in [1.82, 2.24) is 19.9 Å². The first-order chi connectivity index (χ1) is 9.31. The molecule has 1 saturated heterocycles. The minimum Gasteiger partial charge on any atom is -0.343 e. The number of H-pyrrole nitrogens is 1. The van der Waals surface area contributed by atoms with Crippen LogP contribution in [0.1, 0.15) is 29.8 Å². The van der Waals surface area contributed by atoms with Crippen molar-refractivity contribution in [2.75, 3.05) is 13.1 Å². The molecule has 5 heteroatoms. The van der Waals surface area contributed by atoms with E-state index in [4.69, 9.17) is 0 Å². The fourth-order valence-corrected chi connectivity index (χ4v) is 3.50. The Bertz CT molecular complexity index is 623. The van der Waals surface area contributed by atoms with E-state index in [1.54, 1.807) is 12.4 Å². The molecule has 1 amide bonds. The fraction of sp³-hybridized carbons (Fsp3) is 0.500. The van der Waals surface area contributed by atoms with Crippen LogP contribution in [0.5, 0.6) is 0 Å². The summed E-state index contributed by atoms with van der Waals surface area (Å²) in [5.41, 5.74) is 2.00. The number of aromatic amines is 1. The van der Waals surface area contributed by atoms with Crippen LogP contribution in [0.25, 0.3) is 11.2 Å². The van der Waals surface area contributed by atoms with Gasteiger partial charge in [0.05, 0.1) is 11.8 Å².